The molecule has 0 aliphatic carbocycles. The maximum absolute atomic E-state index is 14.9. The molecule has 8 nitrogen and oxygen atoms in total. The van der Waals surface area contributed by atoms with Gasteiger partial charge in [-0.3, -0.25) is 4.31 Å². The first-order valence-electron chi connectivity index (χ1n) is 11.5. The summed E-state index contributed by atoms with van der Waals surface area (Å²) in [6.07, 6.45) is 6.75. The van der Waals surface area contributed by atoms with Gasteiger partial charge in [-0.1, -0.05) is 11.6 Å². The highest BCUT2D eigenvalue weighted by atomic mass is 35.5. The molecule has 3 aromatic rings. The SMILES string of the molecule is O=C(NCCCn1ccnc1)N1CCCC(N(c2cc(F)ccc2F)S(=O)(=O)c2ccc(Cl)cc2)C1. The smallest absolute Gasteiger partial charge is 0.317 e. The van der Waals surface area contributed by atoms with Crippen molar-refractivity contribution in [1.82, 2.24) is 19.8 Å². The molecule has 0 spiro atoms. The number of aromatic nitrogens is 2. The zero-order valence-electron chi connectivity index (χ0n) is 19.4. The lowest BCUT2D eigenvalue weighted by Gasteiger charge is -2.39. The Morgan fingerprint density at radius 1 is 1.19 bits per heavy atom. The maximum atomic E-state index is 14.9. The van der Waals surface area contributed by atoms with Crippen molar-refractivity contribution in [3.05, 3.63) is 77.8 Å². The quantitative estimate of drug-likeness (QED) is 0.435. The summed E-state index contributed by atoms with van der Waals surface area (Å²) in [6.45, 7) is 1.55. The number of piperidine rings is 1. The molecule has 2 aromatic carbocycles. The second kappa shape index (κ2) is 11.3. The number of sulfonamides is 1. The average Bonchev–Trinajstić information content (AvgIpc) is 3.38. The van der Waals surface area contributed by atoms with Crippen molar-refractivity contribution in [3.63, 3.8) is 0 Å². The van der Waals surface area contributed by atoms with Crippen molar-refractivity contribution in [2.75, 3.05) is 23.9 Å². The Balaban J connectivity index is 1.54. The lowest BCUT2D eigenvalue weighted by molar-refractivity contribution is 0.180. The van der Waals surface area contributed by atoms with E-state index in [0.717, 1.165) is 22.5 Å². The molecule has 1 aromatic heterocycles. The zero-order valence-corrected chi connectivity index (χ0v) is 20.9. The van der Waals surface area contributed by atoms with Gasteiger partial charge in [-0.15, -0.1) is 0 Å². The third-order valence-electron chi connectivity index (χ3n) is 5.96. The second-order valence-corrected chi connectivity index (χ2v) is 10.7. The van der Waals surface area contributed by atoms with Crippen molar-refractivity contribution < 1.29 is 22.0 Å². The van der Waals surface area contributed by atoms with Gasteiger partial charge < -0.3 is 14.8 Å². The lowest BCUT2D eigenvalue weighted by atomic mass is 10.1. The van der Waals surface area contributed by atoms with Crippen molar-refractivity contribution in [3.8, 4) is 0 Å². The average molecular weight is 538 g/mol. The van der Waals surface area contributed by atoms with Gasteiger partial charge in [0.05, 0.1) is 23.0 Å². The maximum Gasteiger partial charge on any atom is 0.317 e. The van der Waals surface area contributed by atoms with Crippen LogP contribution in [0.3, 0.4) is 0 Å². The van der Waals surface area contributed by atoms with E-state index in [9.17, 15) is 22.0 Å². The number of benzene rings is 2. The van der Waals surface area contributed by atoms with Crippen LogP contribution >= 0.6 is 11.6 Å². The second-order valence-electron chi connectivity index (χ2n) is 8.48. The number of carbonyl (C=O) groups is 1. The van der Waals surface area contributed by atoms with Crippen LogP contribution in [0.2, 0.25) is 5.02 Å². The van der Waals surface area contributed by atoms with Gasteiger partial charge in [-0.05, 0) is 55.7 Å². The van der Waals surface area contributed by atoms with Gasteiger partial charge in [0.2, 0.25) is 0 Å². The number of rotatable bonds is 8. The van der Waals surface area contributed by atoms with E-state index < -0.39 is 33.4 Å². The highest BCUT2D eigenvalue weighted by molar-refractivity contribution is 7.92. The number of hydrogen-bond acceptors (Lipinski definition) is 4. The minimum absolute atomic E-state index is 0.0239. The third-order valence-corrected chi connectivity index (χ3v) is 8.09. The van der Waals surface area contributed by atoms with Crippen molar-refractivity contribution in [2.45, 2.75) is 36.7 Å². The number of carbonyl (C=O) groups excluding carboxylic acids is 1. The lowest BCUT2D eigenvalue weighted by Crippen LogP contribution is -2.54. The molecule has 0 radical (unpaired) electrons. The van der Waals surface area contributed by atoms with Crippen LogP contribution in [-0.2, 0) is 16.6 Å². The van der Waals surface area contributed by atoms with Crippen LogP contribution in [0.15, 0.2) is 66.1 Å². The van der Waals surface area contributed by atoms with Crippen LogP contribution in [-0.4, -0.2) is 54.6 Å². The first-order valence-corrected chi connectivity index (χ1v) is 13.3. The molecule has 2 heterocycles. The molecule has 4 rings (SSSR count). The first-order chi connectivity index (χ1) is 17.3. The zero-order chi connectivity index (χ0) is 25.7. The fraction of sp³-hybridized carbons (Fsp3) is 0.333. The number of urea groups is 1. The molecule has 0 saturated carbocycles. The molecule has 36 heavy (non-hydrogen) atoms. The van der Waals surface area contributed by atoms with Crippen molar-refractivity contribution >= 4 is 33.3 Å². The molecule has 1 N–H and O–H groups in total. The van der Waals surface area contributed by atoms with E-state index in [-0.39, 0.29) is 17.5 Å². The fourth-order valence-corrected chi connectivity index (χ4v) is 6.01. The van der Waals surface area contributed by atoms with E-state index >= 15 is 0 Å². The van der Waals surface area contributed by atoms with Crippen molar-refractivity contribution in [2.24, 2.45) is 0 Å². The van der Waals surface area contributed by atoms with Gasteiger partial charge in [-0.2, -0.15) is 0 Å². The van der Waals surface area contributed by atoms with Crippen LogP contribution in [0.4, 0.5) is 19.3 Å². The molecule has 0 bridgehead atoms. The molecule has 1 aliphatic heterocycles. The van der Waals surface area contributed by atoms with Crippen LogP contribution in [0, 0.1) is 11.6 Å². The van der Waals surface area contributed by atoms with Crippen LogP contribution < -0.4 is 9.62 Å². The van der Waals surface area contributed by atoms with Crippen LogP contribution in [0.25, 0.3) is 0 Å². The number of nitrogens with one attached hydrogen (secondary N) is 1. The Kier molecular flexibility index (Phi) is 8.10. The number of halogens is 3. The summed E-state index contributed by atoms with van der Waals surface area (Å²) in [5, 5.41) is 3.19. The van der Waals surface area contributed by atoms with E-state index in [1.807, 2.05) is 10.8 Å². The summed E-state index contributed by atoms with van der Waals surface area (Å²) in [5.41, 5.74) is -0.405. The Morgan fingerprint density at radius 2 is 1.97 bits per heavy atom. The highest BCUT2D eigenvalue weighted by Crippen LogP contribution is 2.32. The molecule has 192 valence electrons. The number of amides is 2. The third kappa shape index (κ3) is 5.96. The van der Waals surface area contributed by atoms with Gasteiger partial charge in [0.1, 0.15) is 11.6 Å². The summed E-state index contributed by atoms with van der Waals surface area (Å²) >= 11 is 5.91. The summed E-state index contributed by atoms with van der Waals surface area (Å²) < 4.78 is 59.1. The number of anilines is 1. The first kappa shape index (κ1) is 25.9. The van der Waals surface area contributed by atoms with E-state index in [0.29, 0.717) is 43.9 Å². The van der Waals surface area contributed by atoms with E-state index in [1.165, 1.54) is 29.2 Å². The van der Waals surface area contributed by atoms with Crippen LogP contribution in [0.5, 0.6) is 0 Å². The van der Waals surface area contributed by atoms with Gasteiger partial charge in [-0.25, -0.2) is 27.0 Å². The van der Waals surface area contributed by atoms with Crippen molar-refractivity contribution in [1.29, 1.82) is 0 Å². The fourth-order valence-electron chi connectivity index (χ4n) is 4.22. The van der Waals surface area contributed by atoms with Gasteiger partial charge in [0, 0.05) is 49.7 Å². The predicted molar refractivity (Wildman–Crippen MR) is 132 cm³/mol. The predicted octanol–water partition coefficient (Wildman–Crippen LogP) is 4.27. The molecule has 12 heteroatoms. The summed E-state index contributed by atoms with van der Waals surface area (Å²) in [6, 6.07) is 7.00. The van der Waals surface area contributed by atoms with Gasteiger partial charge in [0.15, 0.2) is 0 Å². The Morgan fingerprint density at radius 3 is 2.69 bits per heavy atom. The number of imidazole rings is 1. The number of hydrogen-bond donors (Lipinski definition) is 1. The van der Waals surface area contributed by atoms with Gasteiger partial charge >= 0.3 is 6.03 Å². The summed E-state index contributed by atoms with van der Waals surface area (Å²) in [5.74, 6) is -1.65. The Bertz CT molecular complexity index is 1290. The minimum Gasteiger partial charge on any atom is -0.338 e. The Labute approximate surface area is 213 Å². The largest absolute Gasteiger partial charge is 0.338 e. The molecule has 1 atom stereocenters. The minimum atomic E-state index is -4.30. The van der Waals surface area contributed by atoms with E-state index in [4.69, 9.17) is 11.6 Å². The number of nitrogens with zero attached hydrogens (tertiary/aromatic N) is 4. The topological polar surface area (TPSA) is 87.5 Å². The number of aryl methyl sites for hydroxylation is 1. The molecule has 1 aliphatic rings. The number of likely N-dealkylation sites (tertiary alicyclic amines) is 1. The van der Waals surface area contributed by atoms with Crippen LogP contribution in [0.1, 0.15) is 19.3 Å². The van der Waals surface area contributed by atoms with E-state index in [2.05, 4.69) is 10.3 Å². The molecular formula is C24H26ClF2N5O3S. The summed E-state index contributed by atoms with van der Waals surface area (Å²) in [7, 11) is -4.30. The molecule has 2 amide bonds. The Hall–Kier alpha value is -3.18. The monoisotopic (exact) mass is 537 g/mol. The summed E-state index contributed by atoms with van der Waals surface area (Å²) in [4.78, 5) is 18.2. The molecular weight excluding hydrogens is 512 g/mol. The van der Waals surface area contributed by atoms with Gasteiger partial charge in [0.25, 0.3) is 10.0 Å². The molecule has 1 unspecified atom stereocenters. The normalized spacial score (nSPS) is 16.1. The highest BCUT2D eigenvalue weighted by Gasteiger charge is 2.37. The standard InChI is InChI=1S/C24H26ClF2N5O3S/c25-18-4-7-21(8-5-18)36(34,35)32(23-15-19(26)6-9-22(23)27)20-3-1-13-31(16-20)24(33)29-10-2-12-30-14-11-28-17-30/h4-9,11,14-15,17,20H,1-3,10,12-13,16H2,(H,29,33). The molecule has 1 fully saturated rings. The molecule has 1 saturated heterocycles. The van der Waals surface area contributed by atoms with E-state index in [1.54, 1.807) is 12.5 Å².